The van der Waals surface area contributed by atoms with Crippen molar-refractivity contribution in [1.29, 1.82) is 0 Å². The van der Waals surface area contributed by atoms with Gasteiger partial charge in [0.1, 0.15) is 22.3 Å². The highest BCUT2D eigenvalue weighted by Crippen LogP contribution is 2.42. The highest BCUT2D eigenvalue weighted by atomic mass is 16.3. The predicted octanol–water partition coefficient (Wildman–Crippen LogP) is 15.0. The van der Waals surface area contributed by atoms with Gasteiger partial charge >= 0.3 is 0 Å². The average molecular weight is 793 g/mol. The van der Waals surface area contributed by atoms with E-state index in [0.29, 0.717) is 5.95 Å². The Morgan fingerprint density at radius 1 is 0.306 bits per heavy atom. The van der Waals surface area contributed by atoms with Crippen molar-refractivity contribution >= 4 is 98.4 Å². The van der Waals surface area contributed by atoms with Gasteiger partial charge in [0.2, 0.25) is 5.95 Å². The van der Waals surface area contributed by atoms with E-state index in [9.17, 15) is 0 Å². The van der Waals surface area contributed by atoms with Crippen LogP contribution in [0.25, 0.3) is 132 Å². The van der Waals surface area contributed by atoms with Crippen molar-refractivity contribution in [3.05, 3.63) is 194 Å². The molecule has 14 rings (SSSR count). The summed E-state index contributed by atoms with van der Waals surface area (Å²) in [5, 5.41) is 10.0. The van der Waals surface area contributed by atoms with Gasteiger partial charge in [-0.3, -0.25) is 4.57 Å². The monoisotopic (exact) mass is 792 g/mol. The third-order valence-corrected chi connectivity index (χ3v) is 12.7. The zero-order valence-electron chi connectivity index (χ0n) is 33.1. The Labute approximate surface area is 353 Å². The molecule has 5 aromatic heterocycles. The Balaban J connectivity index is 0.966. The summed E-state index contributed by atoms with van der Waals surface area (Å²) in [7, 11) is 0. The highest BCUT2D eigenvalue weighted by Gasteiger charge is 2.21. The molecule has 0 aliphatic heterocycles. The summed E-state index contributed by atoms with van der Waals surface area (Å²) in [6, 6.07) is 68.4. The second-order valence-corrected chi connectivity index (χ2v) is 16.2. The molecule has 0 saturated heterocycles. The van der Waals surface area contributed by atoms with E-state index >= 15 is 0 Å². The maximum absolute atomic E-state index is 6.68. The van der Waals surface area contributed by atoms with E-state index in [-0.39, 0.29) is 0 Å². The molecule has 0 radical (unpaired) electrons. The van der Waals surface area contributed by atoms with Crippen LogP contribution >= 0.6 is 0 Å². The summed E-state index contributed by atoms with van der Waals surface area (Å²) in [5.41, 5.74) is 13.9. The lowest BCUT2D eigenvalue weighted by Crippen LogP contribution is -2.03. The van der Waals surface area contributed by atoms with Crippen molar-refractivity contribution in [2.45, 2.75) is 0 Å². The normalized spacial score (nSPS) is 12.2. The van der Waals surface area contributed by atoms with Gasteiger partial charge in [-0.1, -0.05) is 115 Å². The second-order valence-electron chi connectivity index (χ2n) is 16.2. The van der Waals surface area contributed by atoms with Gasteiger partial charge in [-0.25, -0.2) is 9.97 Å². The van der Waals surface area contributed by atoms with Crippen LogP contribution in [0.3, 0.4) is 0 Å². The number of aromatic nitrogens is 4. The number of hydrogen-bond donors (Lipinski definition) is 0. The van der Waals surface area contributed by atoms with Crippen LogP contribution in [0.1, 0.15) is 0 Å². The molecule has 6 heteroatoms. The summed E-state index contributed by atoms with van der Waals surface area (Å²) < 4.78 is 17.6. The fourth-order valence-electron chi connectivity index (χ4n) is 9.89. The van der Waals surface area contributed by atoms with Crippen molar-refractivity contribution in [1.82, 2.24) is 19.1 Å². The molecule has 0 aliphatic rings. The average Bonchev–Trinajstić information content (AvgIpc) is 4.07. The first-order valence-corrected chi connectivity index (χ1v) is 20.9. The van der Waals surface area contributed by atoms with Crippen molar-refractivity contribution in [2.24, 2.45) is 0 Å². The number of furan rings is 2. The lowest BCUT2D eigenvalue weighted by Gasteiger charge is -2.11. The summed E-state index contributed by atoms with van der Waals surface area (Å²) >= 11 is 0. The van der Waals surface area contributed by atoms with E-state index in [0.717, 1.165) is 116 Å². The largest absolute Gasteiger partial charge is 0.456 e. The van der Waals surface area contributed by atoms with E-state index < -0.39 is 0 Å². The van der Waals surface area contributed by atoms with E-state index in [2.05, 4.69) is 173 Å². The van der Waals surface area contributed by atoms with Gasteiger partial charge in [-0.2, -0.15) is 0 Å². The van der Waals surface area contributed by atoms with Gasteiger partial charge in [0.15, 0.2) is 0 Å². The topological polar surface area (TPSA) is 61.9 Å². The molecule has 0 N–H and O–H groups in total. The van der Waals surface area contributed by atoms with Gasteiger partial charge in [-0.05, 0) is 77.9 Å². The summed E-state index contributed by atoms with van der Waals surface area (Å²) in [4.78, 5) is 10.5. The second kappa shape index (κ2) is 12.5. The molecule has 62 heavy (non-hydrogen) atoms. The molecule has 6 nitrogen and oxygen atoms in total. The van der Waals surface area contributed by atoms with E-state index in [1.54, 1.807) is 0 Å². The SMILES string of the molecule is c1ccc(-c2nc(-n3c4ccccc4c4cc5c(cc43)oc3ccc(-c4ccc6c(c4)c4cc7c(cc4n6-c4ccccc4)oc4ccccc47)cc35)nc3ccccc23)cc1. The van der Waals surface area contributed by atoms with Crippen LogP contribution in [0.15, 0.2) is 203 Å². The third-order valence-electron chi connectivity index (χ3n) is 12.7. The first kappa shape index (κ1) is 33.4. The Hall–Kier alpha value is -8.48. The maximum atomic E-state index is 6.68. The molecule has 0 amide bonds. The van der Waals surface area contributed by atoms with Crippen LogP contribution in [0.4, 0.5) is 0 Å². The molecule has 0 aliphatic carbocycles. The number of rotatable bonds is 4. The maximum Gasteiger partial charge on any atom is 0.235 e. The van der Waals surface area contributed by atoms with Crippen molar-refractivity contribution in [3.63, 3.8) is 0 Å². The number of hydrogen-bond acceptors (Lipinski definition) is 4. The lowest BCUT2D eigenvalue weighted by atomic mass is 10.00. The highest BCUT2D eigenvalue weighted by molar-refractivity contribution is 6.19. The minimum atomic E-state index is 0.622. The molecule has 0 bridgehead atoms. The first-order chi connectivity index (χ1) is 30.7. The fraction of sp³-hybridized carbons (Fsp3) is 0. The lowest BCUT2D eigenvalue weighted by molar-refractivity contribution is 0.669. The van der Waals surface area contributed by atoms with Gasteiger partial charge < -0.3 is 13.4 Å². The van der Waals surface area contributed by atoms with Gasteiger partial charge in [0.05, 0.1) is 33.3 Å². The van der Waals surface area contributed by atoms with Crippen molar-refractivity contribution < 1.29 is 8.83 Å². The Morgan fingerprint density at radius 3 is 1.66 bits per heavy atom. The molecule has 0 unspecified atom stereocenters. The Kier molecular flexibility index (Phi) is 6.74. The van der Waals surface area contributed by atoms with Crippen LogP contribution in [0, 0.1) is 0 Å². The molecular weight excluding hydrogens is 761 g/mol. The van der Waals surface area contributed by atoms with Crippen molar-refractivity contribution in [2.75, 3.05) is 0 Å². The van der Waals surface area contributed by atoms with Crippen LogP contribution < -0.4 is 0 Å². The smallest absolute Gasteiger partial charge is 0.235 e. The number of nitrogens with zero attached hydrogens (tertiary/aromatic N) is 4. The van der Waals surface area contributed by atoms with Gasteiger partial charge in [0.25, 0.3) is 0 Å². The molecule has 0 atom stereocenters. The van der Waals surface area contributed by atoms with Crippen LogP contribution in [0.5, 0.6) is 0 Å². The zero-order chi connectivity index (χ0) is 40.5. The Morgan fingerprint density at radius 2 is 0.855 bits per heavy atom. The Bertz CT molecular complexity index is 4150. The molecule has 9 aromatic carbocycles. The fourth-order valence-corrected chi connectivity index (χ4v) is 9.89. The molecular formula is C56H32N4O2. The molecule has 0 fully saturated rings. The summed E-state index contributed by atoms with van der Waals surface area (Å²) in [5.74, 6) is 0.622. The van der Waals surface area contributed by atoms with E-state index in [4.69, 9.17) is 18.8 Å². The summed E-state index contributed by atoms with van der Waals surface area (Å²) in [6.07, 6.45) is 0. The molecule has 5 heterocycles. The molecule has 0 spiro atoms. The van der Waals surface area contributed by atoms with Crippen LogP contribution in [0.2, 0.25) is 0 Å². The van der Waals surface area contributed by atoms with Crippen LogP contribution in [-0.4, -0.2) is 19.1 Å². The van der Waals surface area contributed by atoms with E-state index in [1.807, 2.05) is 30.3 Å². The molecule has 14 aromatic rings. The van der Waals surface area contributed by atoms with E-state index in [1.165, 1.54) is 10.8 Å². The number of benzene rings is 9. The summed E-state index contributed by atoms with van der Waals surface area (Å²) in [6.45, 7) is 0. The number of fused-ring (bicyclic) bond motifs is 13. The van der Waals surface area contributed by atoms with Gasteiger partial charge in [0, 0.05) is 71.9 Å². The predicted molar refractivity (Wildman–Crippen MR) is 254 cm³/mol. The first-order valence-electron chi connectivity index (χ1n) is 20.9. The quantitative estimate of drug-likeness (QED) is 0.178. The molecule has 288 valence electrons. The van der Waals surface area contributed by atoms with Crippen LogP contribution in [-0.2, 0) is 0 Å². The van der Waals surface area contributed by atoms with Crippen molar-refractivity contribution in [3.8, 4) is 34.0 Å². The number of para-hydroxylation sites is 4. The molecule has 0 saturated carbocycles. The zero-order valence-corrected chi connectivity index (χ0v) is 33.1. The minimum Gasteiger partial charge on any atom is -0.456 e. The third kappa shape index (κ3) is 4.74. The minimum absolute atomic E-state index is 0.622. The van der Waals surface area contributed by atoms with Gasteiger partial charge in [-0.15, -0.1) is 0 Å². The standard InChI is InChI=1S/C56H32N4O2/c1-3-13-33(14-4-1)55-39-19-7-10-20-46(39)57-56(58-55)60-47-21-11-8-17-37(47)41-29-45-43-28-35(24-26-52(43)62-54(45)32-50(41)60)34-23-25-48-40(27-34)42-30-44-38-18-9-12-22-51(38)61-53(44)31-49(42)59(48)36-15-5-2-6-16-36/h1-32H.